The molecule has 0 saturated heterocycles. The van der Waals surface area contributed by atoms with Gasteiger partial charge in [0.15, 0.2) is 9.84 Å². The third-order valence-electron chi connectivity index (χ3n) is 5.94. The lowest BCUT2D eigenvalue weighted by atomic mass is 9.97. The number of sulfone groups is 1. The number of aliphatic hydroxyl groups excluding tert-OH is 1. The summed E-state index contributed by atoms with van der Waals surface area (Å²) in [4.78, 5) is 12.2. The predicted octanol–water partition coefficient (Wildman–Crippen LogP) is 3.84. The van der Waals surface area contributed by atoms with E-state index in [9.17, 15) is 18.3 Å². The van der Waals surface area contributed by atoms with Gasteiger partial charge in [-0.2, -0.15) is 5.10 Å². The van der Waals surface area contributed by atoms with E-state index < -0.39 is 21.2 Å². The zero-order chi connectivity index (χ0) is 22.9. The Morgan fingerprint density at radius 1 is 1.12 bits per heavy atom. The van der Waals surface area contributed by atoms with Crippen molar-refractivity contribution in [2.45, 2.75) is 61.8 Å². The molecule has 4 rings (SSSR count). The van der Waals surface area contributed by atoms with E-state index in [0.717, 1.165) is 17.7 Å². The van der Waals surface area contributed by atoms with Crippen LogP contribution in [0.15, 0.2) is 58.6 Å². The average Bonchev–Trinajstić information content (AvgIpc) is 3.25. The Bertz CT molecular complexity index is 1270. The van der Waals surface area contributed by atoms with E-state index in [1.165, 1.54) is 12.1 Å². The molecule has 7 nitrogen and oxygen atoms in total. The van der Waals surface area contributed by atoms with Crippen LogP contribution in [0.25, 0.3) is 16.8 Å². The van der Waals surface area contributed by atoms with E-state index in [0.29, 0.717) is 42.8 Å². The molecule has 9 heteroatoms. The molecule has 1 aromatic carbocycles. The van der Waals surface area contributed by atoms with Gasteiger partial charge in [0.1, 0.15) is 0 Å². The van der Waals surface area contributed by atoms with E-state index in [1.54, 1.807) is 46.0 Å². The van der Waals surface area contributed by atoms with Crippen LogP contribution in [-0.2, 0) is 16.4 Å². The first kappa shape index (κ1) is 22.8. The highest BCUT2D eigenvalue weighted by atomic mass is 35.5. The fourth-order valence-corrected chi connectivity index (χ4v) is 6.30. The van der Waals surface area contributed by atoms with Gasteiger partial charge in [0.25, 0.3) is 5.56 Å². The topological polar surface area (TPSA) is 94.2 Å². The second-order valence-corrected chi connectivity index (χ2v) is 10.8. The van der Waals surface area contributed by atoms with Crippen molar-refractivity contribution in [3.63, 3.8) is 0 Å². The van der Waals surface area contributed by atoms with Crippen LogP contribution in [0.3, 0.4) is 0 Å². The number of aliphatic hydroxyl groups is 1. The van der Waals surface area contributed by atoms with Crippen LogP contribution in [0.5, 0.6) is 0 Å². The van der Waals surface area contributed by atoms with Gasteiger partial charge in [-0.15, -0.1) is 0 Å². The van der Waals surface area contributed by atoms with Gasteiger partial charge in [0.2, 0.25) is 0 Å². The summed E-state index contributed by atoms with van der Waals surface area (Å²) in [5, 5.41) is 13.9. The second kappa shape index (κ2) is 9.21. The zero-order valence-electron chi connectivity index (χ0n) is 17.8. The Hall–Kier alpha value is -2.42. The molecule has 3 aromatic rings. The summed E-state index contributed by atoms with van der Waals surface area (Å²) in [5.74, 6) is 0. The minimum absolute atomic E-state index is 0.0599. The summed E-state index contributed by atoms with van der Waals surface area (Å²) in [6.45, 7) is 2.64. The first-order chi connectivity index (χ1) is 15.3. The standard InChI is InChI=1S/C23H26ClN3O4S/c1-2-11-26-15-17(3-10-23(26)29)27-14-16(13-25-27)21-9-8-20(12-22(21)24)32(30,31)19-6-4-18(28)5-7-19/h3,8-10,12-15,18-19,28H,2,4-7,11H2,1H3. The van der Waals surface area contributed by atoms with E-state index in [4.69, 9.17) is 11.6 Å². The molecule has 0 unspecified atom stereocenters. The van der Waals surface area contributed by atoms with Crippen molar-refractivity contribution in [1.82, 2.24) is 14.3 Å². The van der Waals surface area contributed by atoms with E-state index in [1.807, 2.05) is 6.92 Å². The van der Waals surface area contributed by atoms with Crippen LogP contribution in [0.1, 0.15) is 39.0 Å². The van der Waals surface area contributed by atoms with Crippen molar-refractivity contribution >= 4 is 21.4 Å². The molecule has 0 radical (unpaired) electrons. The number of rotatable bonds is 6. The molecule has 1 fully saturated rings. The van der Waals surface area contributed by atoms with Crippen molar-refractivity contribution in [2.24, 2.45) is 0 Å². The van der Waals surface area contributed by atoms with Crippen LogP contribution < -0.4 is 5.56 Å². The van der Waals surface area contributed by atoms with Gasteiger partial charge in [-0.3, -0.25) is 4.79 Å². The average molecular weight is 476 g/mol. The molecule has 170 valence electrons. The molecular weight excluding hydrogens is 450 g/mol. The minimum Gasteiger partial charge on any atom is -0.393 e. The number of aryl methyl sites for hydroxylation is 1. The number of hydrogen-bond donors (Lipinski definition) is 1. The lowest BCUT2D eigenvalue weighted by Crippen LogP contribution is -2.29. The van der Waals surface area contributed by atoms with Crippen LogP contribution in [0, 0.1) is 0 Å². The Morgan fingerprint density at radius 3 is 2.56 bits per heavy atom. The molecule has 2 heterocycles. The zero-order valence-corrected chi connectivity index (χ0v) is 19.4. The summed E-state index contributed by atoms with van der Waals surface area (Å²) in [6.07, 6.45) is 7.57. The maximum Gasteiger partial charge on any atom is 0.250 e. The van der Waals surface area contributed by atoms with E-state index in [-0.39, 0.29) is 10.5 Å². The fraction of sp³-hybridized carbons (Fsp3) is 0.391. The number of halogens is 1. The maximum atomic E-state index is 13.0. The number of aromatic nitrogens is 3. The predicted molar refractivity (Wildman–Crippen MR) is 124 cm³/mol. The molecule has 32 heavy (non-hydrogen) atoms. The summed E-state index contributed by atoms with van der Waals surface area (Å²) in [6, 6.07) is 8.01. The monoisotopic (exact) mass is 475 g/mol. The smallest absolute Gasteiger partial charge is 0.250 e. The number of hydrogen-bond acceptors (Lipinski definition) is 5. The molecule has 1 saturated carbocycles. The van der Waals surface area contributed by atoms with Gasteiger partial charge in [-0.25, -0.2) is 13.1 Å². The Balaban J connectivity index is 1.60. The lowest BCUT2D eigenvalue weighted by Gasteiger charge is -2.25. The molecule has 0 amide bonds. The third kappa shape index (κ3) is 4.53. The van der Waals surface area contributed by atoms with Crippen LogP contribution >= 0.6 is 11.6 Å². The number of nitrogens with zero attached hydrogens (tertiary/aromatic N) is 3. The van der Waals surface area contributed by atoms with Crippen molar-refractivity contribution in [3.8, 4) is 16.8 Å². The van der Waals surface area contributed by atoms with Gasteiger partial charge < -0.3 is 9.67 Å². The van der Waals surface area contributed by atoms with Crippen molar-refractivity contribution in [3.05, 3.63) is 64.3 Å². The molecule has 1 aliphatic rings. The molecule has 2 aromatic heterocycles. The van der Waals surface area contributed by atoms with Gasteiger partial charge in [0, 0.05) is 41.2 Å². The summed E-state index contributed by atoms with van der Waals surface area (Å²) >= 11 is 6.49. The minimum atomic E-state index is -3.51. The highest BCUT2D eigenvalue weighted by Gasteiger charge is 2.31. The largest absolute Gasteiger partial charge is 0.393 e. The number of pyridine rings is 1. The molecule has 0 aliphatic heterocycles. The van der Waals surface area contributed by atoms with E-state index >= 15 is 0 Å². The van der Waals surface area contributed by atoms with E-state index in [2.05, 4.69) is 5.10 Å². The van der Waals surface area contributed by atoms with Gasteiger partial charge >= 0.3 is 0 Å². The first-order valence-electron chi connectivity index (χ1n) is 10.8. The Labute approximate surface area is 192 Å². The van der Waals surface area contributed by atoms with Crippen LogP contribution in [0.2, 0.25) is 5.02 Å². The number of benzene rings is 1. The molecule has 0 spiro atoms. The molecule has 0 bridgehead atoms. The quantitative estimate of drug-likeness (QED) is 0.584. The SMILES string of the molecule is CCCn1cc(-n2cc(-c3ccc(S(=O)(=O)C4CCC(O)CC4)cc3Cl)cn2)ccc1=O. The molecule has 1 aliphatic carbocycles. The van der Waals surface area contributed by atoms with Crippen molar-refractivity contribution in [2.75, 3.05) is 0 Å². The third-order valence-corrected chi connectivity index (χ3v) is 8.51. The lowest BCUT2D eigenvalue weighted by molar-refractivity contribution is 0.131. The summed E-state index contributed by atoms with van der Waals surface area (Å²) < 4.78 is 29.3. The maximum absolute atomic E-state index is 13.0. The Kier molecular flexibility index (Phi) is 6.55. The normalized spacial score (nSPS) is 19.2. The Morgan fingerprint density at radius 2 is 1.88 bits per heavy atom. The van der Waals surface area contributed by atoms with Gasteiger partial charge in [0.05, 0.1) is 28.1 Å². The van der Waals surface area contributed by atoms with Crippen LogP contribution in [-0.4, -0.2) is 39.2 Å². The van der Waals surface area contributed by atoms with Crippen molar-refractivity contribution in [1.29, 1.82) is 0 Å². The van der Waals surface area contributed by atoms with Crippen molar-refractivity contribution < 1.29 is 13.5 Å². The fourth-order valence-electron chi connectivity index (χ4n) is 4.13. The highest BCUT2D eigenvalue weighted by Crippen LogP contribution is 2.34. The van der Waals surface area contributed by atoms with Gasteiger partial charge in [-0.1, -0.05) is 24.6 Å². The second-order valence-electron chi connectivity index (χ2n) is 8.21. The van der Waals surface area contributed by atoms with Crippen LogP contribution in [0.4, 0.5) is 0 Å². The first-order valence-corrected chi connectivity index (χ1v) is 12.7. The molecule has 1 N–H and O–H groups in total. The molecular formula is C23H26ClN3O4S. The highest BCUT2D eigenvalue weighted by molar-refractivity contribution is 7.92. The molecule has 0 atom stereocenters. The summed E-state index contributed by atoms with van der Waals surface area (Å²) in [5.41, 5.74) is 2.11. The summed E-state index contributed by atoms with van der Waals surface area (Å²) in [7, 11) is -3.51. The van der Waals surface area contributed by atoms with Gasteiger partial charge in [-0.05, 0) is 50.3 Å².